The van der Waals surface area contributed by atoms with Gasteiger partial charge >= 0.3 is 6.18 Å². The summed E-state index contributed by atoms with van der Waals surface area (Å²) in [6, 6.07) is 2.25. The summed E-state index contributed by atoms with van der Waals surface area (Å²) in [6.07, 6.45) is 0.459. The molecular weight excluding hydrogens is 208 g/mol. The molecule has 4 heteroatoms. The molecule has 0 saturated heterocycles. The van der Waals surface area contributed by atoms with E-state index in [1.165, 1.54) is 6.92 Å². The molecule has 0 unspecified atom stereocenters. The molecular formula is C11H7F4. The highest BCUT2D eigenvalue weighted by molar-refractivity contribution is 5.42. The SMILES string of the molecule is C#C[C](C)c1cc(F)cc(C(F)(F)F)c1. The van der Waals surface area contributed by atoms with E-state index in [1.54, 1.807) is 0 Å². The lowest BCUT2D eigenvalue weighted by molar-refractivity contribution is -0.137. The molecule has 1 rings (SSSR count). The zero-order valence-electron chi connectivity index (χ0n) is 7.82. The van der Waals surface area contributed by atoms with Gasteiger partial charge in [0.1, 0.15) is 5.82 Å². The lowest BCUT2D eigenvalue weighted by Gasteiger charge is -2.10. The predicted molar refractivity (Wildman–Crippen MR) is 48.3 cm³/mol. The van der Waals surface area contributed by atoms with Crippen LogP contribution in [0.4, 0.5) is 17.6 Å². The van der Waals surface area contributed by atoms with E-state index in [9.17, 15) is 17.6 Å². The Kier molecular flexibility index (Phi) is 3.04. The molecule has 0 saturated carbocycles. The Labute approximate surface area is 84.9 Å². The van der Waals surface area contributed by atoms with Gasteiger partial charge in [-0.25, -0.2) is 4.39 Å². The van der Waals surface area contributed by atoms with Crippen LogP contribution in [0.3, 0.4) is 0 Å². The highest BCUT2D eigenvalue weighted by Crippen LogP contribution is 2.31. The van der Waals surface area contributed by atoms with E-state index in [0.717, 1.165) is 12.1 Å². The minimum atomic E-state index is -4.56. The van der Waals surface area contributed by atoms with Crippen LogP contribution < -0.4 is 0 Å². The third kappa shape index (κ3) is 2.72. The summed E-state index contributed by atoms with van der Waals surface area (Å²) in [6.45, 7) is 1.45. The Morgan fingerprint density at radius 3 is 2.33 bits per heavy atom. The first-order valence-corrected chi connectivity index (χ1v) is 4.03. The van der Waals surface area contributed by atoms with Crippen LogP contribution in [-0.2, 0) is 6.18 Å². The molecule has 0 N–H and O–H groups in total. The Morgan fingerprint density at radius 2 is 1.87 bits per heavy atom. The van der Waals surface area contributed by atoms with Gasteiger partial charge < -0.3 is 0 Å². The highest BCUT2D eigenvalue weighted by atomic mass is 19.4. The molecule has 15 heavy (non-hydrogen) atoms. The molecule has 0 aliphatic rings. The molecule has 1 radical (unpaired) electrons. The summed E-state index contributed by atoms with van der Waals surface area (Å²) >= 11 is 0. The van der Waals surface area contributed by atoms with Gasteiger partial charge in [0.25, 0.3) is 0 Å². The Bertz CT molecular complexity index is 398. The van der Waals surface area contributed by atoms with Crippen LogP contribution in [-0.4, -0.2) is 0 Å². The van der Waals surface area contributed by atoms with E-state index >= 15 is 0 Å². The van der Waals surface area contributed by atoms with E-state index in [1.807, 2.05) is 0 Å². The fourth-order valence-electron chi connectivity index (χ4n) is 1.05. The topological polar surface area (TPSA) is 0 Å². The maximum Gasteiger partial charge on any atom is 0.416 e. The van der Waals surface area contributed by atoms with Crippen LogP contribution >= 0.6 is 0 Å². The van der Waals surface area contributed by atoms with Crippen molar-refractivity contribution in [2.45, 2.75) is 13.1 Å². The van der Waals surface area contributed by atoms with Gasteiger partial charge in [0.2, 0.25) is 0 Å². The summed E-state index contributed by atoms with van der Waals surface area (Å²) < 4.78 is 49.7. The second-order valence-corrected chi connectivity index (χ2v) is 3.00. The summed E-state index contributed by atoms with van der Waals surface area (Å²) in [5, 5.41) is 0. The normalized spacial score (nSPS) is 11.5. The van der Waals surface area contributed by atoms with E-state index in [0.29, 0.717) is 6.07 Å². The number of hydrogen-bond acceptors (Lipinski definition) is 0. The van der Waals surface area contributed by atoms with Gasteiger partial charge in [0, 0.05) is 0 Å². The van der Waals surface area contributed by atoms with Crippen LogP contribution in [0.5, 0.6) is 0 Å². The fourth-order valence-corrected chi connectivity index (χ4v) is 1.05. The van der Waals surface area contributed by atoms with Crippen molar-refractivity contribution in [1.29, 1.82) is 0 Å². The molecule has 0 amide bonds. The molecule has 0 nitrogen and oxygen atoms in total. The third-order valence-electron chi connectivity index (χ3n) is 1.87. The average Bonchev–Trinajstić information content (AvgIpc) is 2.14. The molecule has 79 valence electrons. The van der Waals surface area contributed by atoms with Gasteiger partial charge in [0.15, 0.2) is 0 Å². The van der Waals surface area contributed by atoms with Crippen molar-refractivity contribution in [3.8, 4) is 12.3 Å². The highest BCUT2D eigenvalue weighted by Gasteiger charge is 2.31. The zero-order chi connectivity index (χ0) is 11.6. The van der Waals surface area contributed by atoms with Gasteiger partial charge in [-0.3, -0.25) is 0 Å². The van der Waals surface area contributed by atoms with Crippen molar-refractivity contribution in [2.24, 2.45) is 0 Å². The van der Waals surface area contributed by atoms with Crippen molar-refractivity contribution >= 4 is 0 Å². The Balaban J connectivity index is 3.24. The van der Waals surface area contributed by atoms with Gasteiger partial charge in [0.05, 0.1) is 11.5 Å². The number of benzene rings is 1. The predicted octanol–water partition coefficient (Wildman–Crippen LogP) is 3.42. The molecule has 0 spiro atoms. The number of terminal acetylenes is 1. The quantitative estimate of drug-likeness (QED) is 0.497. The second kappa shape index (κ2) is 3.93. The monoisotopic (exact) mass is 215 g/mol. The number of hydrogen-bond donors (Lipinski definition) is 0. The van der Waals surface area contributed by atoms with E-state index in [2.05, 4.69) is 5.92 Å². The molecule has 0 aromatic heterocycles. The van der Waals surface area contributed by atoms with Crippen LogP contribution in [0.15, 0.2) is 18.2 Å². The van der Waals surface area contributed by atoms with Crippen LogP contribution in [0.1, 0.15) is 18.1 Å². The number of halogens is 4. The van der Waals surface area contributed by atoms with Crippen LogP contribution in [0.2, 0.25) is 0 Å². The molecule has 0 heterocycles. The summed E-state index contributed by atoms with van der Waals surface area (Å²) in [5.41, 5.74) is -0.961. The summed E-state index contributed by atoms with van der Waals surface area (Å²) in [7, 11) is 0. The van der Waals surface area contributed by atoms with Crippen LogP contribution in [0, 0.1) is 24.1 Å². The number of alkyl halides is 3. The average molecular weight is 215 g/mol. The zero-order valence-corrected chi connectivity index (χ0v) is 7.82. The van der Waals surface area contributed by atoms with Crippen molar-refractivity contribution in [2.75, 3.05) is 0 Å². The maximum absolute atomic E-state index is 12.9. The minimum Gasteiger partial charge on any atom is -0.207 e. The lowest BCUT2D eigenvalue weighted by Crippen LogP contribution is -2.07. The van der Waals surface area contributed by atoms with E-state index < -0.39 is 17.6 Å². The molecule has 0 atom stereocenters. The molecule has 1 aromatic rings. The summed E-state index contributed by atoms with van der Waals surface area (Å²) in [5.74, 6) is 1.48. The maximum atomic E-state index is 12.9. The molecule has 0 bridgehead atoms. The van der Waals surface area contributed by atoms with Gasteiger partial charge in [-0.2, -0.15) is 13.2 Å². The minimum absolute atomic E-state index is 0.0739. The van der Waals surface area contributed by atoms with Crippen molar-refractivity contribution in [3.63, 3.8) is 0 Å². The fraction of sp³-hybridized carbons (Fsp3) is 0.182. The molecule has 1 aromatic carbocycles. The first-order chi connectivity index (χ1) is 6.84. The molecule has 0 aliphatic heterocycles. The van der Waals surface area contributed by atoms with Crippen molar-refractivity contribution in [1.82, 2.24) is 0 Å². The standard InChI is InChI=1S/C11H7F4/c1-3-7(2)8-4-9(11(13,14)15)6-10(12)5-8/h1,4-6H,2H3. The number of rotatable bonds is 1. The lowest BCUT2D eigenvalue weighted by atomic mass is 9.99. The second-order valence-electron chi connectivity index (χ2n) is 3.00. The Hall–Kier alpha value is -1.50. The smallest absolute Gasteiger partial charge is 0.207 e. The Morgan fingerprint density at radius 1 is 1.27 bits per heavy atom. The first kappa shape index (κ1) is 11.6. The largest absolute Gasteiger partial charge is 0.416 e. The summed E-state index contributed by atoms with van der Waals surface area (Å²) in [4.78, 5) is 0. The molecule has 0 aliphatic carbocycles. The van der Waals surface area contributed by atoms with Gasteiger partial charge in [-0.15, -0.1) is 6.42 Å². The van der Waals surface area contributed by atoms with Gasteiger partial charge in [-0.05, 0) is 30.7 Å². The first-order valence-electron chi connectivity index (χ1n) is 4.03. The van der Waals surface area contributed by atoms with E-state index in [4.69, 9.17) is 6.42 Å². The van der Waals surface area contributed by atoms with Crippen LogP contribution in [0.25, 0.3) is 0 Å². The third-order valence-corrected chi connectivity index (χ3v) is 1.87. The van der Waals surface area contributed by atoms with Crippen molar-refractivity contribution in [3.05, 3.63) is 41.1 Å². The van der Waals surface area contributed by atoms with E-state index in [-0.39, 0.29) is 11.5 Å². The molecule has 0 fully saturated rings. The van der Waals surface area contributed by atoms with Gasteiger partial charge in [-0.1, -0.05) is 5.92 Å². The van der Waals surface area contributed by atoms with Crippen molar-refractivity contribution < 1.29 is 17.6 Å².